The van der Waals surface area contributed by atoms with Crippen molar-refractivity contribution in [2.45, 2.75) is 38.7 Å². The minimum Gasteiger partial charge on any atom is -0.479 e. The van der Waals surface area contributed by atoms with Crippen LogP contribution < -0.4 is 0 Å². The van der Waals surface area contributed by atoms with Crippen molar-refractivity contribution in [1.82, 2.24) is 0 Å². The molecule has 3 heteroatoms. The first-order valence-electron chi connectivity index (χ1n) is 4.45. The van der Waals surface area contributed by atoms with E-state index in [9.17, 15) is 9.90 Å². The maximum atomic E-state index is 10.8. The van der Waals surface area contributed by atoms with Crippen LogP contribution in [-0.4, -0.2) is 21.8 Å². The van der Waals surface area contributed by atoms with Crippen molar-refractivity contribution in [3.05, 3.63) is 0 Å². The molecule has 0 heterocycles. The highest BCUT2D eigenvalue weighted by molar-refractivity contribution is 5.78. The van der Waals surface area contributed by atoms with Gasteiger partial charge in [-0.15, -0.1) is 0 Å². The van der Waals surface area contributed by atoms with Crippen LogP contribution in [0.25, 0.3) is 0 Å². The molecule has 2 N–H and O–H groups in total. The number of carboxylic acid groups (broad SMARTS) is 1. The zero-order valence-electron chi connectivity index (χ0n) is 7.58. The molecule has 1 rings (SSSR count). The summed E-state index contributed by atoms with van der Waals surface area (Å²) >= 11 is 0. The molecular formula is C9H16O3. The summed E-state index contributed by atoms with van der Waals surface area (Å²) in [5.74, 6) is -1.31. The highest BCUT2D eigenvalue weighted by Gasteiger charge is 2.48. The fourth-order valence-corrected chi connectivity index (χ4v) is 1.74. The number of aliphatic carboxylic acids is 1. The summed E-state index contributed by atoms with van der Waals surface area (Å²) in [6.07, 6.45) is 2.74. The lowest BCUT2D eigenvalue weighted by molar-refractivity contribution is -0.176. The van der Waals surface area contributed by atoms with Gasteiger partial charge in [-0.3, -0.25) is 0 Å². The molecule has 0 radical (unpaired) electrons. The van der Waals surface area contributed by atoms with Gasteiger partial charge in [-0.2, -0.15) is 0 Å². The van der Waals surface area contributed by atoms with Crippen molar-refractivity contribution in [1.29, 1.82) is 0 Å². The van der Waals surface area contributed by atoms with Gasteiger partial charge >= 0.3 is 5.97 Å². The van der Waals surface area contributed by atoms with E-state index in [1.165, 1.54) is 0 Å². The van der Waals surface area contributed by atoms with E-state index in [0.717, 1.165) is 19.3 Å². The lowest BCUT2D eigenvalue weighted by Gasteiger charge is -2.40. The fraction of sp³-hybridized carbons (Fsp3) is 0.889. The number of aliphatic hydroxyl groups is 1. The first-order chi connectivity index (χ1) is 5.49. The molecule has 70 valence electrons. The van der Waals surface area contributed by atoms with Gasteiger partial charge in [0.2, 0.25) is 0 Å². The molecule has 1 unspecified atom stereocenters. The van der Waals surface area contributed by atoms with E-state index < -0.39 is 11.6 Å². The minimum absolute atomic E-state index is 0.0324. The smallest absolute Gasteiger partial charge is 0.336 e. The molecule has 1 saturated carbocycles. The second-order valence-electron chi connectivity index (χ2n) is 3.91. The Bertz CT molecular complexity index is 184. The van der Waals surface area contributed by atoms with Gasteiger partial charge in [0.25, 0.3) is 0 Å². The molecule has 12 heavy (non-hydrogen) atoms. The molecule has 1 fully saturated rings. The maximum absolute atomic E-state index is 10.8. The van der Waals surface area contributed by atoms with Gasteiger partial charge in [0, 0.05) is 0 Å². The molecular weight excluding hydrogens is 156 g/mol. The summed E-state index contributed by atoms with van der Waals surface area (Å²) in [4.78, 5) is 10.8. The van der Waals surface area contributed by atoms with Crippen LogP contribution in [0, 0.1) is 11.8 Å². The standard InChI is InChI=1S/C9H16O3/c1-6(2)9(12,8(10)11)7-4-3-5-7/h6-7,12H,3-5H2,1-2H3,(H,10,11). The SMILES string of the molecule is CC(C)C(O)(C(=O)O)C1CCC1. The van der Waals surface area contributed by atoms with E-state index in [4.69, 9.17) is 5.11 Å². The zero-order chi connectivity index (χ0) is 9.35. The van der Waals surface area contributed by atoms with Crippen LogP contribution in [0.3, 0.4) is 0 Å². The van der Waals surface area contributed by atoms with Crippen LogP contribution in [-0.2, 0) is 4.79 Å². The first kappa shape index (κ1) is 9.52. The number of carboxylic acids is 1. The van der Waals surface area contributed by atoms with Crippen LogP contribution in [0.5, 0.6) is 0 Å². The van der Waals surface area contributed by atoms with Crippen LogP contribution >= 0.6 is 0 Å². The maximum Gasteiger partial charge on any atom is 0.336 e. The van der Waals surface area contributed by atoms with Gasteiger partial charge in [0.15, 0.2) is 5.60 Å². The third kappa shape index (κ3) is 1.22. The number of carbonyl (C=O) groups is 1. The topological polar surface area (TPSA) is 57.5 Å². The summed E-state index contributed by atoms with van der Waals surface area (Å²) in [6, 6.07) is 0. The van der Waals surface area contributed by atoms with E-state index >= 15 is 0 Å². The van der Waals surface area contributed by atoms with Gasteiger partial charge in [-0.05, 0) is 24.7 Å². The van der Waals surface area contributed by atoms with Crippen LogP contribution in [0.15, 0.2) is 0 Å². The summed E-state index contributed by atoms with van der Waals surface area (Å²) < 4.78 is 0. The monoisotopic (exact) mass is 172 g/mol. The number of hydrogen-bond acceptors (Lipinski definition) is 2. The second kappa shape index (κ2) is 3.05. The Morgan fingerprint density at radius 2 is 2.00 bits per heavy atom. The summed E-state index contributed by atoms with van der Waals surface area (Å²) in [7, 11) is 0. The van der Waals surface area contributed by atoms with Gasteiger partial charge in [-0.25, -0.2) is 4.79 Å². The molecule has 1 aliphatic carbocycles. The summed E-state index contributed by atoms with van der Waals surface area (Å²) in [5, 5.41) is 18.8. The normalized spacial score (nSPS) is 23.3. The Kier molecular flexibility index (Phi) is 2.42. The summed E-state index contributed by atoms with van der Waals surface area (Å²) in [5.41, 5.74) is -1.49. The lowest BCUT2D eigenvalue weighted by atomic mass is 9.68. The molecule has 1 atom stereocenters. The average Bonchev–Trinajstić information content (AvgIpc) is 1.82. The van der Waals surface area contributed by atoms with Crippen molar-refractivity contribution in [3.63, 3.8) is 0 Å². The Morgan fingerprint density at radius 3 is 2.08 bits per heavy atom. The van der Waals surface area contributed by atoms with E-state index in [0.29, 0.717) is 0 Å². The summed E-state index contributed by atoms with van der Waals surface area (Å²) in [6.45, 7) is 3.51. The van der Waals surface area contributed by atoms with E-state index in [1.807, 2.05) is 0 Å². The Hall–Kier alpha value is -0.570. The predicted molar refractivity (Wildman–Crippen MR) is 44.8 cm³/mol. The van der Waals surface area contributed by atoms with E-state index in [2.05, 4.69) is 0 Å². The number of hydrogen-bond donors (Lipinski definition) is 2. The fourth-order valence-electron chi connectivity index (χ4n) is 1.74. The van der Waals surface area contributed by atoms with Crippen molar-refractivity contribution in [2.24, 2.45) is 11.8 Å². The first-order valence-corrected chi connectivity index (χ1v) is 4.45. The van der Waals surface area contributed by atoms with Crippen LogP contribution in [0.2, 0.25) is 0 Å². The molecule has 0 aromatic heterocycles. The quantitative estimate of drug-likeness (QED) is 0.673. The number of rotatable bonds is 3. The van der Waals surface area contributed by atoms with Crippen LogP contribution in [0.1, 0.15) is 33.1 Å². The Balaban J connectivity index is 2.77. The molecule has 0 spiro atoms. The van der Waals surface area contributed by atoms with E-state index in [-0.39, 0.29) is 11.8 Å². The molecule has 0 aliphatic heterocycles. The molecule has 3 nitrogen and oxygen atoms in total. The third-order valence-corrected chi connectivity index (χ3v) is 2.95. The predicted octanol–water partition coefficient (Wildman–Crippen LogP) is 1.26. The van der Waals surface area contributed by atoms with Crippen LogP contribution in [0.4, 0.5) is 0 Å². The highest BCUT2D eigenvalue weighted by atomic mass is 16.4. The molecule has 0 aromatic carbocycles. The second-order valence-corrected chi connectivity index (χ2v) is 3.91. The van der Waals surface area contributed by atoms with Crippen molar-refractivity contribution in [2.75, 3.05) is 0 Å². The average molecular weight is 172 g/mol. The lowest BCUT2D eigenvalue weighted by Crippen LogP contribution is -2.52. The highest BCUT2D eigenvalue weighted by Crippen LogP contribution is 2.40. The van der Waals surface area contributed by atoms with Gasteiger partial charge in [-0.1, -0.05) is 20.3 Å². The zero-order valence-corrected chi connectivity index (χ0v) is 7.58. The largest absolute Gasteiger partial charge is 0.479 e. The van der Waals surface area contributed by atoms with Crippen molar-refractivity contribution >= 4 is 5.97 Å². The molecule has 0 saturated heterocycles. The van der Waals surface area contributed by atoms with Crippen molar-refractivity contribution in [3.8, 4) is 0 Å². The molecule has 1 aliphatic rings. The van der Waals surface area contributed by atoms with E-state index in [1.54, 1.807) is 13.8 Å². The Morgan fingerprint density at radius 1 is 1.50 bits per heavy atom. The third-order valence-electron chi connectivity index (χ3n) is 2.95. The minimum atomic E-state index is -1.49. The molecule has 0 amide bonds. The molecule has 0 aromatic rings. The van der Waals surface area contributed by atoms with Gasteiger partial charge in [0.1, 0.15) is 0 Å². The molecule has 0 bridgehead atoms. The van der Waals surface area contributed by atoms with Crippen molar-refractivity contribution < 1.29 is 15.0 Å². The Labute approximate surface area is 72.4 Å². The van der Waals surface area contributed by atoms with Gasteiger partial charge < -0.3 is 10.2 Å². The van der Waals surface area contributed by atoms with Gasteiger partial charge in [0.05, 0.1) is 0 Å².